The van der Waals surface area contributed by atoms with Crippen LogP contribution in [-0.4, -0.2) is 26.9 Å². The van der Waals surface area contributed by atoms with Crippen LogP contribution in [0.15, 0.2) is 77.7 Å². The van der Waals surface area contributed by atoms with Gasteiger partial charge in [0.25, 0.3) is 16.8 Å². The SMILES string of the molecule is Cc1cccc(CN2C(=O)S/C(=C\c3ccc(OC(=O)c4cccc([N+](=O)[O-])c4)cc3)C2=O)c1. The van der Waals surface area contributed by atoms with E-state index in [1.165, 1.54) is 35.2 Å². The number of amides is 2. The smallest absolute Gasteiger partial charge is 0.343 e. The van der Waals surface area contributed by atoms with Gasteiger partial charge in [0.2, 0.25) is 0 Å². The summed E-state index contributed by atoms with van der Waals surface area (Å²) >= 11 is 0.874. The Balaban J connectivity index is 1.43. The van der Waals surface area contributed by atoms with E-state index in [1.54, 1.807) is 18.2 Å². The molecule has 3 aromatic rings. The Morgan fingerprint density at radius 1 is 1.06 bits per heavy atom. The summed E-state index contributed by atoms with van der Waals surface area (Å²) in [6.45, 7) is 2.15. The molecule has 9 heteroatoms. The lowest BCUT2D eigenvalue weighted by Gasteiger charge is -2.12. The van der Waals surface area contributed by atoms with Gasteiger partial charge in [-0.25, -0.2) is 4.79 Å². The van der Waals surface area contributed by atoms with Crippen molar-refractivity contribution >= 4 is 40.6 Å². The molecule has 0 aromatic heterocycles. The van der Waals surface area contributed by atoms with Gasteiger partial charge >= 0.3 is 5.97 Å². The lowest BCUT2D eigenvalue weighted by atomic mass is 10.1. The highest BCUT2D eigenvalue weighted by Gasteiger charge is 2.35. The number of thioether (sulfide) groups is 1. The molecule has 1 heterocycles. The monoisotopic (exact) mass is 474 g/mol. The molecule has 34 heavy (non-hydrogen) atoms. The van der Waals surface area contributed by atoms with Gasteiger partial charge in [-0.2, -0.15) is 0 Å². The largest absolute Gasteiger partial charge is 0.423 e. The maximum atomic E-state index is 12.8. The highest BCUT2D eigenvalue weighted by molar-refractivity contribution is 8.18. The van der Waals surface area contributed by atoms with Crippen molar-refractivity contribution in [1.29, 1.82) is 0 Å². The summed E-state index contributed by atoms with van der Waals surface area (Å²) in [5.41, 5.74) is 2.42. The van der Waals surface area contributed by atoms with Crippen LogP contribution in [0.25, 0.3) is 6.08 Å². The Labute approximate surface area is 199 Å². The fraction of sp³-hybridized carbons (Fsp3) is 0.0800. The Morgan fingerprint density at radius 3 is 2.50 bits per heavy atom. The first-order chi connectivity index (χ1) is 16.3. The van der Waals surface area contributed by atoms with Gasteiger partial charge in [0.1, 0.15) is 5.75 Å². The standard InChI is InChI=1S/C25H18N2O6S/c1-16-4-2-5-18(12-16)15-26-23(28)22(34-25(26)30)13-17-8-10-21(11-9-17)33-24(29)19-6-3-7-20(14-19)27(31)32/h2-14H,15H2,1H3/b22-13-. The average molecular weight is 474 g/mol. The van der Waals surface area contributed by atoms with E-state index in [9.17, 15) is 24.5 Å². The molecule has 8 nitrogen and oxygen atoms in total. The maximum Gasteiger partial charge on any atom is 0.343 e. The van der Waals surface area contributed by atoms with E-state index in [1.807, 2.05) is 31.2 Å². The molecule has 1 fully saturated rings. The molecular formula is C25H18N2O6S. The zero-order chi connectivity index (χ0) is 24.2. The van der Waals surface area contributed by atoms with E-state index < -0.39 is 10.9 Å². The second kappa shape index (κ2) is 9.72. The number of benzene rings is 3. The maximum absolute atomic E-state index is 12.8. The van der Waals surface area contributed by atoms with E-state index in [0.717, 1.165) is 29.0 Å². The third kappa shape index (κ3) is 5.21. The molecule has 0 unspecified atom stereocenters. The number of esters is 1. The third-order valence-electron chi connectivity index (χ3n) is 4.98. The Hall–Kier alpha value is -4.24. The van der Waals surface area contributed by atoms with Crippen molar-refractivity contribution in [2.24, 2.45) is 0 Å². The number of nitro benzene ring substituents is 1. The molecule has 0 N–H and O–H groups in total. The Morgan fingerprint density at radius 2 is 1.79 bits per heavy atom. The number of hydrogen-bond acceptors (Lipinski definition) is 7. The van der Waals surface area contributed by atoms with Crippen molar-refractivity contribution < 1.29 is 24.0 Å². The molecule has 170 valence electrons. The number of nitrogens with zero attached hydrogens (tertiary/aromatic N) is 2. The number of hydrogen-bond donors (Lipinski definition) is 0. The van der Waals surface area contributed by atoms with Crippen LogP contribution in [0.4, 0.5) is 10.5 Å². The van der Waals surface area contributed by atoms with Crippen LogP contribution in [0.1, 0.15) is 27.0 Å². The summed E-state index contributed by atoms with van der Waals surface area (Å²) in [5, 5.41) is 10.5. The topological polar surface area (TPSA) is 107 Å². The highest BCUT2D eigenvalue weighted by atomic mass is 32.2. The molecule has 2 amide bonds. The van der Waals surface area contributed by atoms with E-state index >= 15 is 0 Å². The Bertz CT molecular complexity index is 1330. The zero-order valence-corrected chi connectivity index (χ0v) is 18.8. The van der Waals surface area contributed by atoms with Gasteiger partial charge in [-0.15, -0.1) is 0 Å². The number of rotatable bonds is 6. The highest BCUT2D eigenvalue weighted by Crippen LogP contribution is 2.33. The first-order valence-electron chi connectivity index (χ1n) is 10.2. The van der Waals surface area contributed by atoms with Crippen LogP contribution in [0, 0.1) is 17.0 Å². The summed E-state index contributed by atoms with van der Waals surface area (Å²) in [4.78, 5) is 49.2. The van der Waals surface area contributed by atoms with E-state index in [2.05, 4.69) is 0 Å². The van der Waals surface area contributed by atoms with E-state index in [4.69, 9.17) is 4.74 Å². The number of carbonyl (C=O) groups is 3. The molecule has 1 aliphatic heterocycles. The van der Waals surface area contributed by atoms with Gasteiger partial charge in [0.15, 0.2) is 0 Å². The fourth-order valence-corrected chi connectivity index (χ4v) is 4.16. The van der Waals surface area contributed by atoms with Crippen LogP contribution in [0.5, 0.6) is 5.75 Å². The van der Waals surface area contributed by atoms with E-state index in [-0.39, 0.29) is 34.7 Å². The third-order valence-corrected chi connectivity index (χ3v) is 5.89. The summed E-state index contributed by atoms with van der Waals surface area (Å²) in [5.74, 6) is -0.854. The van der Waals surface area contributed by atoms with E-state index in [0.29, 0.717) is 10.5 Å². The predicted octanol–water partition coefficient (Wildman–Crippen LogP) is 5.36. The van der Waals surface area contributed by atoms with Crippen LogP contribution < -0.4 is 4.74 Å². The molecule has 4 rings (SSSR count). The molecule has 0 atom stereocenters. The van der Waals surface area contributed by atoms with Gasteiger partial charge in [0.05, 0.1) is 21.9 Å². The molecular weight excluding hydrogens is 456 g/mol. The van der Waals surface area contributed by atoms with Crippen molar-refractivity contribution in [1.82, 2.24) is 4.90 Å². The lowest BCUT2D eigenvalue weighted by Crippen LogP contribution is -2.27. The Kier molecular flexibility index (Phi) is 6.55. The predicted molar refractivity (Wildman–Crippen MR) is 127 cm³/mol. The first kappa shape index (κ1) is 22.9. The lowest BCUT2D eigenvalue weighted by molar-refractivity contribution is -0.384. The van der Waals surface area contributed by atoms with Gasteiger partial charge < -0.3 is 4.74 Å². The molecule has 1 saturated heterocycles. The molecule has 0 spiro atoms. The number of carbonyl (C=O) groups excluding carboxylic acids is 3. The van der Waals surface area contributed by atoms with Gasteiger partial charge in [-0.1, -0.05) is 48.0 Å². The molecule has 0 bridgehead atoms. The minimum atomic E-state index is -0.728. The minimum absolute atomic E-state index is 0.0561. The first-order valence-corrected chi connectivity index (χ1v) is 11.0. The normalized spacial score (nSPS) is 14.5. The zero-order valence-electron chi connectivity index (χ0n) is 18.0. The van der Waals surface area contributed by atoms with Gasteiger partial charge in [-0.05, 0) is 54.1 Å². The summed E-state index contributed by atoms with van der Waals surface area (Å²) in [7, 11) is 0. The molecule has 1 aliphatic rings. The van der Waals surface area contributed by atoms with Gasteiger partial charge in [-0.3, -0.25) is 24.6 Å². The van der Waals surface area contributed by atoms with Crippen molar-refractivity contribution in [3.63, 3.8) is 0 Å². The minimum Gasteiger partial charge on any atom is -0.423 e. The van der Waals surface area contributed by atoms with Crippen molar-refractivity contribution in [2.45, 2.75) is 13.5 Å². The quantitative estimate of drug-likeness (QED) is 0.156. The number of aryl methyl sites for hydroxylation is 1. The van der Waals surface area contributed by atoms with Gasteiger partial charge in [0, 0.05) is 12.1 Å². The molecule has 0 aliphatic carbocycles. The number of non-ortho nitro benzene ring substituents is 1. The fourth-order valence-electron chi connectivity index (χ4n) is 3.33. The summed E-state index contributed by atoms with van der Waals surface area (Å²) < 4.78 is 5.27. The molecule has 0 radical (unpaired) electrons. The molecule has 0 saturated carbocycles. The van der Waals surface area contributed by atoms with Crippen molar-refractivity contribution in [2.75, 3.05) is 0 Å². The number of nitro groups is 1. The van der Waals surface area contributed by atoms with Crippen LogP contribution in [0.2, 0.25) is 0 Å². The number of ether oxygens (including phenoxy) is 1. The van der Waals surface area contributed by atoms with Crippen LogP contribution in [-0.2, 0) is 11.3 Å². The average Bonchev–Trinajstić information content (AvgIpc) is 3.07. The number of imide groups is 1. The van der Waals surface area contributed by atoms with Crippen LogP contribution in [0.3, 0.4) is 0 Å². The van der Waals surface area contributed by atoms with Crippen LogP contribution >= 0.6 is 11.8 Å². The van der Waals surface area contributed by atoms with Crippen molar-refractivity contribution in [3.05, 3.63) is 110 Å². The van der Waals surface area contributed by atoms with Crippen molar-refractivity contribution in [3.8, 4) is 5.75 Å². The second-order valence-electron chi connectivity index (χ2n) is 7.52. The summed E-state index contributed by atoms with van der Waals surface area (Å²) in [6, 6.07) is 19.3. The summed E-state index contributed by atoms with van der Waals surface area (Å²) in [6.07, 6.45) is 1.60. The second-order valence-corrected chi connectivity index (χ2v) is 8.52. The molecule has 3 aromatic carbocycles.